The van der Waals surface area contributed by atoms with Crippen molar-refractivity contribution in [2.75, 3.05) is 5.73 Å². The molecule has 5 nitrogen and oxygen atoms in total. The van der Waals surface area contributed by atoms with Crippen LogP contribution in [-0.2, 0) is 0 Å². The van der Waals surface area contributed by atoms with E-state index in [9.17, 15) is 0 Å². The lowest BCUT2D eigenvalue weighted by Gasteiger charge is -1.90. The molecule has 0 fully saturated rings. The number of nitrogens with two attached hydrogens (primary N) is 1. The molecule has 0 radical (unpaired) electrons. The smallest absolute Gasteiger partial charge is 0.225 e. The van der Waals surface area contributed by atoms with E-state index in [-0.39, 0.29) is 0 Å². The lowest BCUT2D eigenvalue weighted by atomic mass is 10.7. The van der Waals surface area contributed by atoms with Crippen molar-refractivity contribution in [1.29, 1.82) is 0 Å². The molecule has 2 aromatic rings. The molecule has 0 bridgehead atoms. The highest BCUT2D eigenvalue weighted by atomic mass is 16.4. The average molecular weight is 150 g/mol. The molecule has 5 heteroatoms. The Morgan fingerprint density at radius 2 is 2.45 bits per heavy atom. The summed E-state index contributed by atoms with van der Waals surface area (Å²) in [5.41, 5.74) is 5.39. The molecular weight excluding hydrogens is 144 g/mol. The molecule has 0 aliphatic carbocycles. The van der Waals surface area contributed by atoms with E-state index in [0.717, 1.165) is 0 Å². The molecule has 0 saturated carbocycles. The van der Waals surface area contributed by atoms with Gasteiger partial charge in [-0.05, 0) is 0 Å². The Morgan fingerprint density at radius 1 is 1.55 bits per heavy atom. The second-order valence-corrected chi connectivity index (χ2v) is 2.05. The molecule has 0 aliphatic rings. The maximum Gasteiger partial charge on any atom is 0.225 e. The van der Waals surface area contributed by atoms with Gasteiger partial charge in [-0.3, -0.25) is 4.57 Å². The van der Waals surface area contributed by atoms with Crippen molar-refractivity contribution in [2.45, 2.75) is 0 Å². The maximum atomic E-state index is 5.39. The summed E-state index contributed by atoms with van der Waals surface area (Å²) in [6.45, 7) is 0. The van der Waals surface area contributed by atoms with Gasteiger partial charge in [-0.2, -0.15) is 0 Å². The topological polar surface area (TPSA) is 69.9 Å². The number of imidazole rings is 1. The van der Waals surface area contributed by atoms with Gasteiger partial charge in [0.05, 0.1) is 12.4 Å². The second-order valence-electron chi connectivity index (χ2n) is 2.05. The Labute approximate surface area is 62.5 Å². The van der Waals surface area contributed by atoms with Crippen molar-refractivity contribution >= 4 is 5.82 Å². The van der Waals surface area contributed by atoms with E-state index < -0.39 is 0 Å². The summed E-state index contributed by atoms with van der Waals surface area (Å²) in [7, 11) is 0. The highest BCUT2D eigenvalue weighted by Gasteiger charge is 1.98. The third-order valence-electron chi connectivity index (χ3n) is 1.28. The van der Waals surface area contributed by atoms with Crippen LogP contribution in [0.25, 0.3) is 5.88 Å². The molecule has 0 aromatic carbocycles. The number of oxazole rings is 1. The fourth-order valence-electron chi connectivity index (χ4n) is 0.795. The van der Waals surface area contributed by atoms with Crippen LogP contribution < -0.4 is 5.73 Å². The maximum absolute atomic E-state index is 5.39. The number of hydrogen-bond acceptors (Lipinski definition) is 4. The van der Waals surface area contributed by atoms with Crippen LogP contribution in [0.5, 0.6) is 0 Å². The van der Waals surface area contributed by atoms with Crippen LogP contribution in [0.1, 0.15) is 0 Å². The van der Waals surface area contributed by atoms with Crippen molar-refractivity contribution in [3.05, 3.63) is 25.1 Å². The minimum Gasteiger partial charge on any atom is -0.427 e. The molecule has 0 unspecified atom stereocenters. The third kappa shape index (κ3) is 0.958. The Bertz CT molecular complexity index is 337. The largest absolute Gasteiger partial charge is 0.427 e. The predicted molar refractivity (Wildman–Crippen MR) is 38.0 cm³/mol. The molecule has 2 rings (SSSR count). The fraction of sp³-hybridized carbons (Fsp3) is 0. The van der Waals surface area contributed by atoms with Crippen molar-refractivity contribution in [3.63, 3.8) is 0 Å². The second kappa shape index (κ2) is 2.12. The van der Waals surface area contributed by atoms with Crippen LogP contribution in [0.4, 0.5) is 5.82 Å². The van der Waals surface area contributed by atoms with Gasteiger partial charge in [0.2, 0.25) is 5.88 Å². The van der Waals surface area contributed by atoms with Gasteiger partial charge in [-0.1, -0.05) is 0 Å². The zero-order valence-electron chi connectivity index (χ0n) is 5.64. The highest BCUT2D eigenvalue weighted by molar-refractivity contribution is 5.27. The average Bonchev–Trinajstić information content (AvgIpc) is 2.55. The Kier molecular flexibility index (Phi) is 1.15. The quantitative estimate of drug-likeness (QED) is 0.640. The summed E-state index contributed by atoms with van der Waals surface area (Å²) in [5, 5.41) is 0. The van der Waals surface area contributed by atoms with Crippen LogP contribution in [0.15, 0.2) is 29.5 Å². The molecule has 0 aliphatic heterocycles. The molecule has 11 heavy (non-hydrogen) atoms. The van der Waals surface area contributed by atoms with E-state index in [4.69, 9.17) is 10.2 Å². The number of anilines is 1. The molecule has 0 spiro atoms. The third-order valence-corrected chi connectivity index (χ3v) is 1.28. The Balaban J connectivity index is 2.45. The SMILES string of the molecule is Nc1cn(-c2cnco2)cn1. The Hall–Kier alpha value is -1.78. The zero-order valence-corrected chi connectivity index (χ0v) is 5.64. The number of nitrogen functional groups attached to an aromatic ring is 1. The molecule has 56 valence electrons. The van der Waals surface area contributed by atoms with E-state index in [1.165, 1.54) is 6.39 Å². The van der Waals surface area contributed by atoms with Crippen LogP contribution in [-0.4, -0.2) is 14.5 Å². The first-order chi connectivity index (χ1) is 5.36. The lowest BCUT2D eigenvalue weighted by Crippen LogP contribution is -1.86. The van der Waals surface area contributed by atoms with Crippen LogP contribution in [0, 0.1) is 0 Å². The normalized spacial score (nSPS) is 10.2. The van der Waals surface area contributed by atoms with Crippen molar-refractivity contribution in [2.24, 2.45) is 0 Å². The number of nitrogens with zero attached hydrogens (tertiary/aromatic N) is 3. The predicted octanol–water partition coefficient (Wildman–Crippen LogP) is 0.443. The summed E-state index contributed by atoms with van der Waals surface area (Å²) < 4.78 is 6.64. The summed E-state index contributed by atoms with van der Waals surface area (Å²) >= 11 is 0. The molecule has 2 aromatic heterocycles. The summed E-state index contributed by atoms with van der Waals surface area (Å²) in [4.78, 5) is 7.58. The minimum atomic E-state index is 0.460. The first kappa shape index (κ1) is 5.96. The van der Waals surface area contributed by atoms with Crippen molar-refractivity contribution < 1.29 is 4.42 Å². The van der Waals surface area contributed by atoms with Gasteiger partial charge in [0.1, 0.15) is 12.1 Å². The van der Waals surface area contributed by atoms with Crippen molar-refractivity contribution in [3.8, 4) is 5.88 Å². The minimum absolute atomic E-state index is 0.460. The summed E-state index contributed by atoms with van der Waals surface area (Å²) in [5.74, 6) is 1.07. The fourth-order valence-corrected chi connectivity index (χ4v) is 0.795. The summed E-state index contributed by atoms with van der Waals surface area (Å²) in [6.07, 6.45) is 6.16. The van der Waals surface area contributed by atoms with Gasteiger partial charge in [0, 0.05) is 0 Å². The molecule has 0 saturated heterocycles. The number of aromatic nitrogens is 3. The van der Waals surface area contributed by atoms with Crippen molar-refractivity contribution in [1.82, 2.24) is 14.5 Å². The standard InChI is InChI=1S/C6H6N4O/c7-5-2-10(3-9-5)6-1-8-4-11-6/h1-4H,7H2. The molecule has 2 N–H and O–H groups in total. The van der Waals surface area contributed by atoms with Gasteiger partial charge in [-0.15, -0.1) is 0 Å². The van der Waals surface area contributed by atoms with E-state index in [2.05, 4.69) is 9.97 Å². The number of hydrogen-bond donors (Lipinski definition) is 1. The van der Waals surface area contributed by atoms with Crippen LogP contribution in [0.3, 0.4) is 0 Å². The van der Waals surface area contributed by atoms with E-state index >= 15 is 0 Å². The van der Waals surface area contributed by atoms with E-state index in [1.54, 1.807) is 23.3 Å². The van der Waals surface area contributed by atoms with Gasteiger partial charge in [0.25, 0.3) is 0 Å². The van der Waals surface area contributed by atoms with Crippen LogP contribution >= 0.6 is 0 Å². The van der Waals surface area contributed by atoms with Crippen LogP contribution in [0.2, 0.25) is 0 Å². The Morgan fingerprint density at radius 3 is 3.00 bits per heavy atom. The van der Waals surface area contributed by atoms with Gasteiger partial charge >= 0.3 is 0 Å². The molecular formula is C6H6N4O. The monoisotopic (exact) mass is 150 g/mol. The highest BCUT2D eigenvalue weighted by Crippen LogP contribution is 2.06. The zero-order chi connectivity index (χ0) is 7.68. The molecule has 2 heterocycles. The first-order valence-electron chi connectivity index (χ1n) is 3.04. The van der Waals surface area contributed by atoms with E-state index in [1.807, 2.05) is 0 Å². The van der Waals surface area contributed by atoms with Gasteiger partial charge in [0.15, 0.2) is 6.39 Å². The van der Waals surface area contributed by atoms with Gasteiger partial charge in [-0.25, -0.2) is 9.97 Å². The first-order valence-corrected chi connectivity index (χ1v) is 3.04. The summed E-state index contributed by atoms with van der Waals surface area (Å²) in [6, 6.07) is 0. The molecule has 0 amide bonds. The number of rotatable bonds is 1. The van der Waals surface area contributed by atoms with E-state index in [0.29, 0.717) is 11.7 Å². The van der Waals surface area contributed by atoms with Gasteiger partial charge < -0.3 is 10.2 Å². The molecule has 0 atom stereocenters. The lowest BCUT2D eigenvalue weighted by molar-refractivity contribution is 0.531.